The van der Waals surface area contributed by atoms with Gasteiger partial charge in [0.2, 0.25) is 11.8 Å². The minimum Gasteiger partial charge on any atom is -0.343 e. The maximum atomic E-state index is 13.8. The Bertz CT molecular complexity index is 1370. The number of fused-ring (bicyclic) bond motifs is 3. The minimum absolute atomic E-state index is 0.0265. The molecule has 3 heterocycles. The molecule has 2 aliphatic heterocycles. The van der Waals surface area contributed by atoms with Gasteiger partial charge in [-0.15, -0.1) is 0 Å². The van der Waals surface area contributed by atoms with Crippen LogP contribution in [0.4, 0.5) is 0 Å². The highest BCUT2D eigenvalue weighted by atomic mass is 35.5. The van der Waals surface area contributed by atoms with Gasteiger partial charge < -0.3 is 9.80 Å². The molecule has 1 N–H and O–H groups in total. The predicted octanol–water partition coefficient (Wildman–Crippen LogP) is 6.87. The Hall–Kier alpha value is -2.28. The lowest BCUT2D eigenvalue weighted by Gasteiger charge is -2.34. The van der Waals surface area contributed by atoms with E-state index in [0.29, 0.717) is 47.7 Å². The Morgan fingerprint density at radius 2 is 1.84 bits per heavy atom. The Balaban J connectivity index is 1.34. The second kappa shape index (κ2) is 10.7. The molecule has 1 atom stereocenters. The van der Waals surface area contributed by atoms with Crippen molar-refractivity contribution in [1.29, 1.82) is 0 Å². The molecule has 0 bridgehead atoms. The molecule has 2 amide bonds. The maximum Gasteiger partial charge on any atom is 0.226 e. The van der Waals surface area contributed by atoms with E-state index in [-0.39, 0.29) is 29.6 Å². The first kappa shape index (κ1) is 27.3. The van der Waals surface area contributed by atoms with Gasteiger partial charge in [0, 0.05) is 48.0 Å². The lowest BCUT2D eigenvalue weighted by molar-refractivity contribution is -0.142. The molecule has 0 saturated carbocycles. The van der Waals surface area contributed by atoms with E-state index in [1.165, 1.54) is 0 Å². The van der Waals surface area contributed by atoms with Gasteiger partial charge >= 0.3 is 0 Å². The lowest BCUT2D eigenvalue weighted by atomic mass is 9.88. The Kier molecular flexibility index (Phi) is 7.69. The number of halogens is 3. The van der Waals surface area contributed by atoms with E-state index in [1.807, 2.05) is 28.0 Å². The highest BCUT2D eigenvalue weighted by Crippen LogP contribution is 2.37. The molecule has 1 saturated heterocycles. The molecular weight excluding hydrogens is 543 g/mol. The van der Waals surface area contributed by atoms with Crippen molar-refractivity contribution in [3.05, 3.63) is 62.2 Å². The maximum absolute atomic E-state index is 13.8. The number of hydrogen-bond acceptors (Lipinski definition) is 3. The third-order valence-electron chi connectivity index (χ3n) is 7.70. The molecule has 1 fully saturated rings. The van der Waals surface area contributed by atoms with E-state index in [1.54, 1.807) is 12.3 Å². The summed E-state index contributed by atoms with van der Waals surface area (Å²) in [6.45, 7) is 8.75. The van der Waals surface area contributed by atoms with Gasteiger partial charge in [-0.25, -0.2) is 0 Å². The topological polar surface area (TPSA) is 69.3 Å². The number of aromatic nitrogens is 2. The van der Waals surface area contributed by atoms with Gasteiger partial charge in [-0.3, -0.25) is 14.7 Å². The average molecular weight is 576 g/mol. The summed E-state index contributed by atoms with van der Waals surface area (Å²) in [4.78, 5) is 31.2. The molecule has 2 aliphatic rings. The van der Waals surface area contributed by atoms with Crippen LogP contribution in [0.25, 0.3) is 10.9 Å². The molecule has 3 aromatic rings. The van der Waals surface area contributed by atoms with Crippen LogP contribution in [0.5, 0.6) is 0 Å². The van der Waals surface area contributed by atoms with Crippen LogP contribution >= 0.6 is 34.8 Å². The van der Waals surface area contributed by atoms with Crippen molar-refractivity contribution in [3.63, 3.8) is 0 Å². The summed E-state index contributed by atoms with van der Waals surface area (Å²) in [7, 11) is 0. The number of likely N-dealkylation sites (tertiary alicyclic amines) is 1. The number of nitrogens with zero attached hydrogens (tertiary/aromatic N) is 3. The fraction of sp³-hybridized carbons (Fsp3) is 0.483. The van der Waals surface area contributed by atoms with Crippen LogP contribution in [0.3, 0.4) is 0 Å². The number of carbonyl (C=O) groups is 2. The Labute approximate surface area is 238 Å². The van der Waals surface area contributed by atoms with Crippen LogP contribution in [0.1, 0.15) is 62.6 Å². The van der Waals surface area contributed by atoms with Crippen LogP contribution in [-0.2, 0) is 22.6 Å². The van der Waals surface area contributed by atoms with Crippen molar-refractivity contribution in [2.75, 3.05) is 19.6 Å². The van der Waals surface area contributed by atoms with Crippen molar-refractivity contribution < 1.29 is 9.59 Å². The minimum atomic E-state index is -0.435. The smallest absolute Gasteiger partial charge is 0.226 e. The number of nitrogens with one attached hydrogen (secondary N) is 1. The van der Waals surface area contributed by atoms with Crippen molar-refractivity contribution in [2.24, 2.45) is 11.3 Å². The van der Waals surface area contributed by atoms with E-state index >= 15 is 0 Å². The first-order valence-corrected chi connectivity index (χ1v) is 14.3. The van der Waals surface area contributed by atoms with E-state index in [2.05, 4.69) is 31.0 Å². The summed E-state index contributed by atoms with van der Waals surface area (Å²) in [6, 6.07) is 7.56. The quantitative estimate of drug-likeness (QED) is 0.369. The lowest BCUT2D eigenvalue weighted by Crippen LogP contribution is -2.43. The van der Waals surface area contributed by atoms with Gasteiger partial charge in [0.1, 0.15) is 0 Å². The SMILES string of the molecule is CC(C)(C)CN1Cc2c(cc(Cl)c3[nH]ncc23)C[C@@H](CC(=O)N2CCC(c3ccc(Cl)cc3Cl)CC2)C1=O. The second-order valence-electron chi connectivity index (χ2n) is 11.8. The summed E-state index contributed by atoms with van der Waals surface area (Å²) < 4.78 is 0. The van der Waals surface area contributed by atoms with Gasteiger partial charge in [0.05, 0.1) is 22.7 Å². The zero-order valence-corrected chi connectivity index (χ0v) is 24.3. The molecular formula is C29H33Cl3N4O2. The molecule has 202 valence electrons. The molecule has 2 aromatic carbocycles. The standard InChI is InChI=1S/C29H33Cl3N4O2/c1-29(2,3)16-36-15-23-18(11-25(32)27-22(23)14-33-34-27)10-19(28(36)38)12-26(37)35-8-6-17(7-9-35)21-5-4-20(30)13-24(21)31/h4-5,11,13-14,17,19H,6-10,12,15-16H2,1-3H3,(H,33,34)/t19-/m0/s1. The molecule has 6 nitrogen and oxygen atoms in total. The number of carbonyl (C=O) groups excluding carboxylic acids is 2. The van der Waals surface area contributed by atoms with Gasteiger partial charge in [0.15, 0.2) is 0 Å². The second-order valence-corrected chi connectivity index (χ2v) is 13.1. The molecule has 0 radical (unpaired) electrons. The average Bonchev–Trinajstić information content (AvgIpc) is 3.31. The highest BCUT2D eigenvalue weighted by molar-refractivity contribution is 6.35. The molecule has 0 unspecified atom stereocenters. The third-order valence-corrected chi connectivity index (χ3v) is 8.56. The summed E-state index contributed by atoms with van der Waals surface area (Å²) >= 11 is 19.1. The van der Waals surface area contributed by atoms with Crippen molar-refractivity contribution >= 4 is 57.5 Å². The third kappa shape index (κ3) is 5.68. The van der Waals surface area contributed by atoms with Crippen LogP contribution in [0, 0.1) is 11.3 Å². The normalized spacial score (nSPS) is 19.1. The number of rotatable bonds is 4. The molecule has 0 spiro atoms. The monoisotopic (exact) mass is 574 g/mol. The Morgan fingerprint density at radius 3 is 2.53 bits per heavy atom. The highest BCUT2D eigenvalue weighted by Gasteiger charge is 2.36. The number of aromatic amines is 1. The molecule has 5 rings (SSSR count). The molecule has 0 aliphatic carbocycles. The van der Waals surface area contributed by atoms with Gasteiger partial charge in [-0.2, -0.15) is 5.10 Å². The fourth-order valence-electron chi connectivity index (χ4n) is 5.91. The molecule has 1 aromatic heterocycles. The van der Waals surface area contributed by atoms with Gasteiger partial charge in [-0.1, -0.05) is 61.6 Å². The summed E-state index contributed by atoms with van der Waals surface area (Å²) in [5.74, 6) is -0.0920. The van der Waals surface area contributed by atoms with Crippen molar-refractivity contribution in [3.8, 4) is 0 Å². The van der Waals surface area contributed by atoms with E-state index < -0.39 is 5.92 Å². The Morgan fingerprint density at radius 1 is 1.11 bits per heavy atom. The summed E-state index contributed by atoms with van der Waals surface area (Å²) in [6.07, 6.45) is 4.12. The summed E-state index contributed by atoms with van der Waals surface area (Å²) in [5, 5.41) is 10.00. The summed E-state index contributed by atoms with van der Waals surface area (Å²) in [5.41, 5.74) is 3.86. The zero-order chi connectivity index (χ0) is 27.2. The van der Waals surface area contributed by atoms with Crippen LogP contribution in [0.2, 0.25) is 15.1 Å². The van der Waals surface area contributed by atoms with Gasteiger partial charge in [-0.05, 0) is 65.5 Å². The van der Waals surface area contributed by atoms with E-state index in [4.69, 9.17) is 34.8 Å². The number of amides is 2. The predicted molar refractivity (Wildman–Crippen MR) is 153 cm³/mol. The number of piperidine rings is 1. The first-order chi connectivity index (χ1) is 18.0. The van der Waals surface area contributed by atoms with E-state index in [0.717, 1.165) is 40.4 Å². The number of hydrogen-bond donors (Lipinski definition) is 1. The fourth-order valence-corrected chi connectivity index (χ4v) is 6.75. The van der Waals surface area contributed by atoms with Crippen molar-refractivity contribution in [2.45, 2.75) is 58.9 Å². The number of H-pyrrole nitrogens is 1. The first-order valence-electron chi connectivity index (χ1n) is 13.1. The zero-order valence-electron chi connectivity index (χ0n) is 22.0. The van der Waals surface area contributed by atoms with Crippen LogP contribution in [-0.4, -0.2) is 51.4 Å². The largest absolute Gasteiger partial charge is 0.343 e. The van der Waals surface area contributed by atoms with Gasteiger partial charge in [0.25, 0.3) is 0 Å². The van der Waals surface area contributed by atoms with Crippen molar-refractivity contribution in [1.82, 2.24) is 20.0 Å². The van der Waals surface area contributed by atoms with E-state index in [9.17, 15) is 9.59 Å². The molecule has 9 heteroatoms. The van der Waals surface area contributed by atoms with Crippen LogP contribution in [0.15, 0.2) is 30.5 Å². The molecule has 38 heavy (non-hydrogen) atoms. The van der Waals surface area contributed by atoms with Crippen LogP contribution < -0.4 is 0 Å². The number of benzene rings is 2.